The highest BCUT2D eigenvalue weighted by Crippen LogP contribution is 1.93. The summed E-state index contributed by atoms with van der Waals surface area (Å²) in [7, 11) is 1.94. The van der Waals surface area contributed by atoms with Crippen molar-refractivity contribution in [3.8, 4) is 0 Å². The molecule has 0 amide bonds. The van der Waals surface area contributed by atoms with E-state index in [1.165, 1.54) is 0 Å². The molecule has 12 heavy (non-hydrogen) atoms. The fraction of sp³-hybridized carbons (Fsp3) is 1.00. The first kappa shape index (κ1) is 11.9. The second kappa shape index (κ2) is 7.53. The minimum absolute atomic E-state index is 0.427. The summed E-state index contributed by atoms with van der Waals surface area (Å²) in [6, 6.07) is 0.427. The van der Waals surface area contributed by atoms with Gasteiger partial charge in [-0.05, 0) is 20.3 Å². The first-order valence-electron chi connectivity index (χ1n) is 4.62. The van der Waals surface area contributed by atoms with Gasteiger partial charge in [0.05, 0.1) is 13.2 Å². The smallest absolute Gasteiger partial charge is 0.0918 e. The second-order valence-corrected chi connectivity index (χ2v) is 3.09. The van der Waals surface area contributed by atoms with Crippen molar-refractivity contribution >= 4 is 0 Å². The molecule has 0 aliphatic heterocycles. The van der Waals surface area contributed by atoms with Gasteiger partial charge in [0.2, 0.25) is 0 Å². The van der Waals surface area contributed by atoms with Gasteiger partial charge in [0, 0.05) is 19.7 Å². The standard InChI is InChI=1S/C9H21NO2/c1-5-6-11-7-8-12-10(4)9(2)3/h9H,5-8H2,1-4H3. The van der Waals surface area contributed by atoms with Gasteiger partial charge in [0.25, 0.3) is 0 Å². The normalized spacial score (nSPS) is 11.5. The summed E-state index contributed by atoms with van der Waals surface area (Å²) in [6.45, 7) is 8.44. The van der Waals surface area contributed by atoms with Crippen LogP contribution in [0.2, 0.25) is 0 Å². The third kappa shape index (κ3) is 6.58. The predicted octanol–water partition coefficient (Wildman–Crippen LogP) is 1.68. The van der Waals surface area contributed by atoms with Crippen molar-refractivity contribution in [3.63, 3.8) is 0 Å². The van der Waals surface area contributed by atoms with Gasteiger partial charge in [-0.1, -0.05) is 6.92 Å². The van der Waals surface area contributed by atoms with Gasteiger partial charge in [0.1, 0.15) is 0 Å². The molecule has 0 N–H and O–H groups in total. The molecule has 0 aromatic rings. The SMILES string of the molecule is CCCOCCON(C)C(C)C. The van der Waals surface area contributed by atoms with Crippen molar-refractivity contribution in [1.29, 1.82) is 0 Å². The van der Waals surface area contributed by atoms with E-state index < -0.39 is 0 Å². The summed E-state index contributed by atoms with van der Waals surface area (Å²) < 4.78 is 5.26. The molecule has 0 aromatic heterocycles. The maximum atomic E-state index is 5.36. The van der Waals surface area contributed by atoms with E-state index in [0.29, 0.717) is 19.3 Å². The third-order valence-electron chi connectivity index (χ3n) is 1.60. The number of hydrogen-bond donors (Lipinski definition) is 0. The zero-order chi connectivity index (χ0) is 9.40. The largest absolute Gasteiger partial charge is 0.379 e. The van der Waals surface area contributed by atoms with Crippen LogP contribution >= 0.6 is 0 Å². The Balaban J connectivity index is 3.08. The lowest BCUT2D eigenvalue weighted by molar-refractivity contribution is -0.170. The summed E-state index contributed by atoms with van der Waals surface area (Å²) in [5.41, 5.74) is 0. The molecule has 0 rings (SSSR count). The van der Waals surface area contributed by atoms with Crippen LogP contribution in [0, 0.1) is 0 Å². The molecule has 0 aliphatic rings. The van der Waals surface area contributed by atoms with Crippen molar-refractivity contribution in [2.75, 3.05) is 26.9 Å². The zero-order valence-corrected chi connectivity index (χ0v) is 8.67. The first-order valence-corrected chi connectivity index (χ1v) is 4.62. The molecule has 0 heterocycles. The monoisotopic (exact) mass is 175 g/mol. The summed E-state index contributed by atoms with van der Waals surface area (Å²) in [4.78, 5) is 5.36. The molecule has 0 fully saturated rings. The highest BCUT2D eigenvalue weighted by molar-refractivity contribution is 4.43. The zero-order valence-electron chi connectivity index (χ0n) is 8.67. The van der Waals surface area contributed by atoms with Crippen molar-refractivity contribution < 1.29 is 9.57 Å². The van der Waals surface area contributed by atoms with Crippen LogP contribution in [0.15, 0.2) is 0 Å². The minimum atomic E-state index is 0.427. The van der Waals surface area contributed by atoms with Gasteiger partial charge in [0.15, 0.2) is 0 Å². The van der Waals surface area contributed by atoms with Crippen molar-refractivity contribution in [2.24, 2.45) is 0 Å². The molecule has 74 valence electrons. The fourth-order valence-electron chi connectivity index (χ4n) is 0.636. The van der Waals surface area contributed by atoms with E-state index in [4.69, 9.17) is 9.57 Å². The molecule has 0 aliphatic carbocycles. The topological polar surface area (TPSA) is 21.7 Å². The maximum absolute atomic E-state index is 5.36. The average Bonchev–Trinajstić information content (AvgIpc) is 2.03. The molecule has 3 heteroatoms. The highest BCUT2D eigenvalue weighted by atomic mass is 16.7. The third-order valence-corrected chi connectivity index (χ3v) is 1.60. The molecule has 0 unspecified atom stereocenters. The van der Waals surface area contributed by atoms with Crippen molar-refractivity contribution in [2.45, 2.75) is 33.2 Å². The Bertz CT molecular complexity index is 96.5. The molecule has 0 saturated heterocycles. The Morgan fingerprint density at radius 2 is 1.83 bits per heavy atom. The molecule has 0 saturated carbocycles. The second-order valence-electron chi connectivity index (χ2n) is 3.09. The van der Waals surface area contributed by atoms with E-state index in [1.54, 1.807) is 0 Å². The van der Waals surface area contributed by atoms with Crippen LogP contribution < -0.4 is 0 Å². The van der Waals surface area contributed by atoms with Gasteiger partial charge in [-0.3, -0.25) is 4.84 Å². The fourth-order valence-corrected chi connectivity index (χ4v) is 0.636. The lowest BCUT2D eigenvalue weighted by Gasteiger charge is -2.20. The summed E-state index contributed by atoms with van der Waals surface area (Å²) in [6.07, 6.45) is 1.07. The number of ether oxygens (including phenoxy) is 1. The van der Waals surface area contributed by atoms with Gasteiger partial charge < -0.3 is 4.74 Å². The Morgan fingerprint density at radius 1 is 1.17 bits per heavy atom. The summed E-state index contributed by atoms with van der Waals surface area (Å²) in [5.74, 6) is 0. The van der Waals surface area contributed by atoms with Gasteiger partial charge in [-0.15, -0.1) is 0 Å². The summed E-state index contributed by atoms with van der Waals surface area (Å²) in [5, 5.41) is 1.84. The van der Waals surface area contributed by atoms with Gasteiger partial charge in [-0.2, -0.15) is 5.06 Å². The first-order chi connectivity index (χ1) is 5.68. The average molecular weight is 175 g/mol. The van der Waals surface area contributed by atoms with E-state index in [0.717, 1.165) is 13.0 Å². The van der Waals surface area contributed by atoms with Crippen molar-refractivity contribution in [1.82, 2.24) is 5.06 Å². The van der Waals surface area contributed by atoms with Crippen LogP contribution in [0.5, 0.6) is 0 Å². The quantitative estimate of drug-likeness (QED) is 0.434. The van der Waals surface area contributed by atoms with E-state index >= 15 is 0 Å². The Labute approximate surface area is 75.6 Å². The van der Waals surface area contributed by atoms with Crippen molar-refractivity contribution in [3.05, 3.63) is 0 Å². The number of nitrogens with zero attached hydrogens (tertiary/aromatic N) is 1. The van der Waals surface area contributed by atoms with Crippen LogP contribution in [-0.4, -0.2) is 38.0 Å². The predicted molar refractivity (Wildman–Crippen MR) is 50.0 cm³/mol. The molecular formula is C9H21NO2. The van der Waals surface area contributed by atoms with Crippen LogP contribution in [0.4, 0.5) is 0 Å². The molecule has 3 nitrogen and oxygen atoms in total. The van der Waals surface area contributed by atoms with E-state index in [9.17, 15) is 0 Å². The molecule has 0 atom stereocenters. The number of hydrogen-bond acceptors (Lipinski definition) is 3. The minimum Gasteiger partial charge on any atom is -0.379 e. The van der Waals surface area contributed by atoms with Gasteiger partial charge >= 0.3 is 0 Å². The Hall–Kier alpha value is -0.120. The Kier molecular flexibility index (Phi) is 7.45. The van der Waals surface area contributed by atoms with E-state index in [1.807, 2.05) is 12.1 Å². The van der Waals surface area contributed by atoms with Crippen LogP contribution in [0.3, 0.4) is 0 Å². The van der Waals surface area contributed by atoms with E-state index in [-0.39, 0.29) is 0 Å². The van der Waals surface area contributed by atoms with Crippen LogP contribution in [-0.2, 0) is 9.57 Å². The van der Waals surface area contributed by atoms with E-state index in [2.05, 4.69) is 20.8 Å². The molecule has 0 spiro atoms. The number of hydroxylamine groups is 2. The molecule has 0 bridgehead atoms. The molecule has 0 aromatic carbocycles. The molecular weight excluding hydrogens is 154 g/mol. The maximum Gasteiger partial charge on any atom is 0.0918 e. The van der Waals surface area contributed by atoms with Crippen LogP contribution in [0.25, 0.3) is 0 Å². The van der Waals surface area contributed by atoms with Gasteiger partial charge in [-0.25, -0.2) is 0 Å². The summed E-state index contributed by atoms with van der Waals surface area (Å²) >= 11 is 0. The Morgan fingerprint density at radius 3 is 2.33 bits per heavy atom. The molecule has 0 radical (unpaired) electrons. The lowest BCUT2D eigenvalue weighted by atomic mass is 10.4. The lowest BCUT2D eigenvalue weighted by Crippen LogP contribution is -2.28. The highest BCUT2D eigenvalue weighted by Gasteiger charge is 2.01. The van der Waals surface area contributed by atoms with Crippen LogP contribution in [0.1, 0.15) is 27.2 Å². The number of rotatable bonds is 7.